The summed E-state index contributed by atoms with van der Waals surface area (Å²) in [6.07, 6.45) is 10.5. The molecule has 2 rings (SSSR count). The Morgan fingerprint density at radius 1 is 1.14 bits per heavy atom. The average molecular weight is 380 g/mol. The van der Waals surface area contributed by atoms with Crippen LogP contribution in [0.5, 0.6) is 0 Å². The molecule has 1 N–H and O–H groups in total. The maximum Gasteiger partial charge on any atom is 0.115 e. The van der Waals surface area contributed by atoms with E-state index in [4.69, 9.17) is 0 Å². The quantitative estimate of drug-likeness (QED) is 0.589. The lowest BCUT2D eigenvalue weighted by molar-refractivity contribution is -0.946. The van der Waals surface area contributed by atoms with Crippen LogP contribution in [0.25, 0.3) is 0 Å². The van der Waals surface area contributed by atoms with Gasteiger partial charge >= 0.3 is 0 Å². The molecule has 0 aromatic heterocycles. The van der Waals surface area contributed by atoms with Crippen molar-refractivity contribution in [3.63, 3.8) is 0 Å². The standard InChI is InChI=1S/C10H20NO.C7H14O2.BrH/c1-11-7-3-2-5-9(11)10(12)6-4-8-11;1-2-3-4-5-6-7(8)9;/h9-10,12H,2-8H2,1H3;2-6H2,1H3,(H,8,9);1H/q+1;;/p-1. The van der Waals surface area contributed by atoms with E-state index in [1.165, 1.54) is 38.8 Å². The minimum absolute atomic E-state index is 0. The molecule has 0 aromatic carbocycles. The summed E-state index contributed by atoms with van der Waals surface area (Å²) in [7, 11) is 2.33. The Bertz CT molecular complexity index is 310. The zero-order valence-corrected chi connectivity index (χ0v) is 16.0. The van der Waals surface area contributed by atoms with Gasteiger partial charge in [0, 0.05) is 12.4 Å². The van der Waals surface area contributed by atoms with Crippen molar-refractivity contribution < 1.29 is 19.5 Å². The number of carboxylic acids is 1. The largest absolute Gasteiger partial charge is 0.550 e. The number of aliphatic hydroxyl groups excluding tert-OH is 1. The number of halogens is 1. The highest BCUT2D eigenvalue weighted by molar-refractivity contribution is 8.93. The number of aliphatic carboxylic acids is 1. The molecule has 22 heavy (non-hydrogen) atoms. The maximum absolute atomic E-state index is 9.85. The number of carbonyl (C=O) groups excluding carboxylic acids is 1. The van der Waals surface area contributed by atoms with Crippen LogP contribution in [0.4, 0.5) is 0 Å². The fourth-order valence-electron chi connectivity index (χ4n) is 3.74. The highest BCUT2D eigenvalue weighted by atomic mass is 79.9. The first-order valence-electron chi connectivity index (χ1n) is 8.71. The molecule has 0 saturated carbocycles. The molecular weight excluding hydrogens is 346 g/mol. The van der Waals surface area contributed by atoms with Gasteiger partial charge in [0.1, 0.15) is 12.1 Å². The monoisotopic (exact) mass is 379 g/mol. The highest BCUT2D eigenvalue weighted by Gasteiger charge is 2.42. The molecule has 0 spiro atoms. The molecule has 2 fully saturated rings. The Morgan fingerprint density at radius 2 is 1.82 bits per heavy atom. The van der Waals surface area contributed by atoms with Crippen molar-refractivity contribution in [2.45, 2.75) is 83.3 Å². The van der Waals surface area contributed by atoms with Gasteiger partial charge in [0.25, 0.3) is 0 Å². The van der Waals surface area contributed by atoms with Crippen LogP contribution >= 0.6 is 17.0 Å². The second-order valence-electron chi connectivity index (χ2n) is 6.88. The summed E-state index contributed by atoms with van der Waals surface area (Å²) in [5, 5.41) is 19.7. The van der Waals surface area contributed by atoms with E-state index < -0.39 is 5.97 Å². The van der Waals surface area contributed by atoms with Crippen molar-refractivity contribution in [2.75, 3.05) is 20.1 Å². The molecule has 132 valence electrons. The van der Waals surface area contributed by atoms with Crippen LogP contribution in [0.2, 0.25) is 0 Å². The molecule has 0 bridgehead atoms. The van der Waals surface area contributed by atoms with E-state index in [1.54, 1.807) is 0 Å². The molecule has 3 unspecified atom stereocenters. The Balaban J connectivity index is 0.000000402. The van der Waals surface area contributed by atoms with E-state index >= 15 is 0 Å². The second kappa shape index (κ2) is 11.4. The van der Waals surface area contributed by atoms with E-state index in [0.29, 0.717) is 6.04 Å². The Labute approximate surface area is 146 Å². The topological polar surface area (TPSA) is 60.4 Å². The number of unbranched alkanes of at least 4 members (excludes halogenated alkanes) is 3. The van der Waals surface area contributed by atoms with Crippen molar-refractivity contribution in [1.29, 1.82) is 0 Å². The predicted molar refractivity (Wildman–Crippen MR) is 92.9 cm³/mol. The first-order valence-corrected chi connectivity index (χ1v) is 8.71. The smallest absolute Gasteiger partial charge is 0.115 e. The van der Waals surface area contributed by atoms with Crippen molar-refractivity contribution in [3.05, 3.63) is 0 Å². The van der Waals surface area contributed by atoms with Crippen LogP contribution in [-0.4, -0.2) is 47.8 Å². The van der Waals surface area contributed by atoms with Gasteiger partial charge in [-0.05, 0) is 38.5 Å². The summed E-state index contributed by atoms with van der Waals surface area (Å²) >= 11 is 0. The van der Waals surface area contributed by atoms with E-state index in [-0.39, 0.29) is 29.5 Å². The zero-order chi connectivity index (χ0) is 15.7. The summed E-state index contributed by atoms with van der Waals surface area (Å²) in [6, 6.07) is 0.562. The number of quaternary nitrogens is 1. The van der Waals surface area contributed by atoms with Gasteiger partial charge in [0.15, 0.2) is 0 Å². The lowest BCUT2D eigenvalue weighted by Crippen LogP contribution is -2.62. The normalized spacial score (nSPS) is 30.3. The number of nitrogens with zero attached hydrogens (tertiary/aromatic N) is 1. The predicted octanol–water partition coefficient (Wildman–Crippen LogP) is 2.42. The van der Waals surface area contributed by atoms with Gasteiger partial charge in [0.2, 0.25) is 0 Å². The number of piperidine rings is 2. The second-order valence-corrected chi connectivity index (χ2v) is 6.88. The molecule has 3 atom stereocenters. The number of hydrogen-bond donors (Lipinski definition) is 1. The summed E-state index contributed by atoms with van der Waals surface area (Å²) in [5.41, 5.74) is 0. The van der Waals surface area contributed by atoms with E-state index in [0.717, 1.165) is 36.6 Å². The van der Waals surface area contributed by atoms with Gasteiger partial charge < -0.3 is 19.5 Å². The summed E-state index contributed by atoms with van der Waals surface area (Å²) < 4.78 is 1.15. The Morgan fingerprint density at radius 3 is 2.41 bits per heavy atom. The van der Waals surface area contributed by atoms with E-state index in [1.807, 2.05) is 0 Å². The maximum atomic E-state index is 9.85. The van der Waals surface area contributed by atoms with Crippen molar-refractivity contribution in [1.82, 2.24) is 0 Å². The molecule has 2 heterocycles. The van der Waals surface area contributed by atoms with Gasteiger partial charge in [-0.3, -0.25) is 0 Å². The van der Waals surface area contributed by atoms with Crippen LogP contribution in [0.15, 0.2) is 0 Å². The number of rotatable bonds is 5. The SMILES string of the molecule is Br.CCCCCCC(=O)[O-].C[N+]12CCCCC1C(O)CCC2. The van der Waals surface area contributed by atoms with E-state index in [9.17, 15) is 15.0 Å². The highest BCUT2D eigenvalue weighted by Crippen LogP contribution is 2.31. The van der Waals surface area contributed by atoms with Crippen molar-refractivity contribution in [2.24, 2.45) is 0 Å². The van der Waals surface area contributed by atoms with Crippen LogP contribution in [-0.2, 0) is 4.79 Å². The molecule has 5 heteroatoms. The first-order chi connectivity index (χ1) is 9.99. The van der Waals surface area contributed by atoms with Crippen molar-refractivity contribution >= 4 is 23.0 Å². The van der Waals surface area contributed by atoms with Gasteiger partial charge in [0.05, 0.1) is 20.1 Å². The molecule has 2 saturated heterocycles. The zero-order valence-electron chi connectivity index (χ0n) is 14.3. The van der Waals surface area contributed by atoms with Crippen LogP contribution in [0, 0.1) is 0 Å². The Kier molecular flexibility index (Phi) is 11.3. The molecule has 0 aliphatic carbocycles. The van der Waals surface area contributed by atoms with Gasteiger partial charge in [-0.15, -0.1) is 17.0 Å². The number of hydrogen-bond acceptors (Lipinski definition) is 3. The third kappa shape index (κ3) is 7.42. The fraction of sp³-hybridized carbons (Fsp3) is 0.941. The number of likely N-dealkylation sites (N-methyl/N-ethyl adjacent to an activating group) is 1. The summed E-state index contributed by atoms with van der Waals surface area (Å²) in [5.74, 6) is -0.925. The molecule has 2 aliphatic heterocycles. The van der Waals surface area contributed by atoms with Gasteiger partial charge in [-0.2, -0.15) is 0 Å². The first kappa shape index (κ1) is 21.9. The molecule has 2 aliphatic rings. The number of carbonyl (C=O) groups is 1. The van der Waals surface area contributed by atoms with E-state index in [2.05, 4.69) is 14.0 Å². The van der Waals surface area contributed by atoms with Crippen LogP contribution in [0.1, 0.15) is 71.1 Å². The van der Waals surface area contributed by atoms with Crippen molar-refractivity contribution in [3.8, 4) is 0 Å². The summed E-state index contributed by atoms with van der Waals surface area (Å²) in [6.45, 7) is 4.68. The number of carboxylic acid groups (broad SMARTS) is 1. The Hall–Kier alpha value is -0.130. The lowest BCUT2D eigenvalue weighted by atomic mass is 9.88. The third-order valence-electron chi connectivity index (χ3n) is 5.07. The van der Waals surface area contributed by atoms with Gasteiger partial charge in [-0.25, -0.2) is 0 Å². The molecular formula is C17H34BrNO3. The molecule has 0 radical (unpaired) electrons. The molecule has 0 aromatic rings. The van der Waals surface area contributed by atoms with Crippen LogP contribution < -0.4 is 5.11 Å². The number of aliphatic hydroxyl groups is 1. The minimum Gasteiger partial charge on any atom is -0.550 e. The average Bonchev–Trinajstić information content (AvgIpc) is 2.44. The lowest BCUT2D eigenvalue weighted by Gasteiger charge is -2.49. The van der Waals surface area contributed by atoms with Crippen LogP contribution in [0.3, 0.4) is 0 Å². The number of fused-ring (bicyclic) bond motifs is 1. The minimum atomic E-state index is -0.925. The fourth-order valence-corrected chi connectivity index (χ4v) is 3.74. The molecule has 0 amide bonds. The third-order valence-corrected chi connectivity index (χ3v) is 5.07. The summed E-state index contributed by atoms with van der Waals surface area (Å²) in [4.78, 5) is 9.85. The van der Waals surface area contributed by atoms with Gasteiger partial charge in [-0.1, -0.05) is 26.2 Å². The molecule has 4 nitrogen and oxygen atoms in total.